The first kappa shape index (κ1) is 12.7. The summed E-state index contributed by atoms with van der Waals surface area (Å²) < 4.78 is 11.1. The average molecular weight is 250 g/mol. The van der Waals surface area contributed by atoms with Crippen LogP contribution in [-0.4, -0.2) is 24.3 Å². The van der Waals surface area contributed by atoms with E-state index in [1.54, 1.807) is 0 Å². The van der Waals surface area contributed by atoms with E-state index in [4.69, 9.17) is 14.6 Å². The van der Waals surface area contributed by atoms with Gasteiger partial charge < -0.3 is 14.6 Å². The Labute approximate surface area is 107 Å². The molecule has 4 nitrogen and oxygen atoms in total. The molecule has 0 amide bonds. The molecule has 0 radical (unpaired) electrons. The lowest BCUT2D eigenvalue weighted by molar-refractivity contribution is -0.141. The summed E-state index contributed by atoms with van der Waals surface area (Å²) in [6.45, 7) is 3.20. The van der Waals surface area contributed by atoms with Crippen molar-refractivity contribution in [3.05, 3.63) is 23.8 Å². The van der Waals surface area contributed by atoms with E-state index in [9.17, 15) is 4.79 Å². The lowest BCUT2D eigenvalue weighted by Gasteiger charge is -2.12. The third-order valence-corrected chi connectivity index (χ3v) is 3.14. The van der Waals surface area contributed by atoms with Gasteiger partial charge in [-0.25, -0.2) is 0 Å². The number of hydrogen-bond acceptors (Lipinski definition) is 3. The third kappa shape index (κ3) is 2.94. The molecule has 1 aliphatic rings. The standard InChI is InChI=1S/C14H18O4/c1-2-11(14(15)16)8-10-4-5-12-13(9-10)18-7-3-6-17-12/h4-5,9,11H,2-3,6-8H2,1H3,(H,15,16). The molecule has 0 spiro atoms. The molecule has 1 aromatic carbocycles. The minimum absolute atomic E-state index is 0.338. The molecule has 0 fully saturated rings. The molecule has 1 atom stereocenters. The Hall–Kier alpha value is -1.71. The molecule has 1 aromatic rings. The van der Waals surface area contributed by atoms with Crippen molar-refractivity contribution >= 4 is 5.97 Å². The van der Waals surface area contributed by atoms with Gasteiger partial charge in [0, 0.05) is 6.42 Å². The van der Waals surface area contributed by atoms with E-state index in [0.29, 0.717) is 26.1 Å². The molecular weight excluding hydrogens is 232 g/mol. The largest absolute Gasteiger partial charge is 0.490 e. The van der Waals surface area contributed by atoms with Crippen LogP contribution in [-0.2, 0) is 11.2 Å². The van der Waals surface area contributed by atoms with Gasteiger partial charge in [0.05, 0.1) is 19.1 Å². The molecule has 0 saturated carbocycles. The first-order chi connectivity index (χ1) is 8.70. The molecule has 2 rings (SSSR count). The molecule has 0 aromatic heterocycles. The second-order valence-corrected chi connectivity index (χ2v) is 4.48. The van der Waals surface area contributed by atoms with Crippen LogP contribution >= 0.6 is 0 Å². The van der Waals surface area contributed by atoms with E-state index in [0.717, 1.165) is 23.5 Å². The predicted molar refractivity (Wildman–Crippen MR) is 67.2 cm³/mol. The molecule has 0 aliphatic carbocycles. The summed E-state index contributed by atoms with van der Waals surface area (Å²) in [6.07, 6.45) is 2.03. The zero-order chi connectivity index (χ0) is 13.0. The maximum atomic E-state index is 11.0. The summed E-state index contributed by atoms with van der Waals surface area (Å²) in [5, 5.41) is 9.06. The molecule has 1 heterocycles. The fourth-order valence-electron chi connectivity index (χ4n) is 2.03. The number of ether oxygens (including phenoxy) is 2. The summed E-state index contributed by atoms with van der Waals surface area (Å²) in [5.74, 6) is 0.393. The lowest BCUT2D eigenvalue weighted by Crippen LogP contribution is -2.15. The van der Waals surface area contributed by atoms with Gasteiger partial charge in [0.1, 0.15) is 0 Å². The van der Waals surface area contributed by atoms with Crippen molar-refractivity contribution in [3.8, 4) is 11.5 Å². The number of carboxylic acids is 1. The Morgan fingerprint density at radius 1 is 1.33 bits per heavy atom. The number of carboxylic acid groups (broad SMARTS) is 1. The van der Waals surface area contributed by atoms with Gasteiger partial charge in [0.15, 0.2) is 11.5 Å². The van der Waals surface area contributed by atoms with Crippen LogP contribution in [0.2, 0.25) is 0 Å². The van der Waals surface area contributed by atoms with Gasteiger partial charge in [-0.1, -0.05) is 13.0 Å². The summed E-state index contributed by atoms with van der Waals surface area (Å²) in [4.78, 5) is 11.0. The van der Waals surface area contributed by atoms with Crippen LogP contribution in [0.3, 0.4) is 0 Å². The molecule has 98 valence electrons. The summed E-state index contributed by atoms with van der Waals surface area (Å²) >= 11 is 0. The highest BCUT2D eigenvalue weighted by Gasteiger charge is 2.17. The Morgan fingerprint density at radius 2 is 2.06 bits per heavy atom. The maximum absolute atomic E-state index is 11.0. The van der Waals surface area contributed by atoms with Crippen molar-refractivity contribution in [1.82, 2.24) is 0 Å². The SMILES string of the molecule is CCC(Cc1ccc2c(c1)OCCCO2)C(=O)O. The molecule has 1 unspecified atom stereocenters. The summed E-state index contributed by atoms with van der Waals surface area (Å²) in [6, 6.07) is 5.68. The van der Waals surface area contributed by atoms with E-state index in [2.05, 4.69) is 0 Å². The van der Waals surface area contributed by atoms with Gasteiger partial charge in [0.2, 0.25) is 0 Å². The van der Waals surface area contributed by atoms with Crippen molar-refractivity contribution in [2.45, 2.75) is 26.2 Å². The van der Waals surface area contributed by atoms with Crippen LogP contribution in [0.1, 0.15) is 25.3 Å². The van der Waals surface area contributed by atoms with Crippen LogP contribution in [0, 0.1) is 5.92 Å². The number of benzene rings is 1. The first-order valence-corrected chi connectivity index (χ1v) is 6.32. The minimum atomic E-state index is -0.746. The van der Waals surface area contributed by atoms with Gasteiger partial charge >= 0.3 is 5.97 Å². The van der Waals surface area contributed by atoms with Gasteiger partial charge in [0.25, 0.3) is 0 Å². The van der Waals surface area contributed by atoms with Crippen LogP contribution in [0.5, 0.6) is 11.5 Å². The van der Waals surface area contributed by atoms with Crippen molar-refractivity contribution in [1.29, 1.82) is 0 Å². The summed E-state index contributed by atoms with van der Waals surface area (Å²) in [5.41, 5.74) is 0.980. The Kier molecular flexibility index (Phi) is 4.07. The van der Waals surface area contributed by atoms with Crippen LogP contribution in [0.4, 0.5) is 0 Å². The average Bonchev–Trinajstić information content (AvgIpc) is 2.60. The van der Waals surface area contributed by atoms with Gasteiger partial charge in [-0.05, 0) is 30.5 Å². The zero-order valence-corrected chi connectivity index (χ0v) is 10.5. The third-order valence-electron chi connectivity index (χ3n) is 3.14. The molecule has 1 N–H and O–H groups in total. The van der Waals surface area contributed by atoms with Crippen LogP contribution in [0.25, 0.3) is 0 Å². The van der Waals surface area contributed by atoms with Crippen molar-refractivity contribution < 1.29 is 19.4 Å². The molecule has 0 bridgehead atoms. The fraction of sp³-hybridized carbons (Fsp3) is 0.500. The van der Waals surface area contributed by atoms with Gasteiger partial charge in [-0.3, -0.25) is 4.79 Å². The number of hydrogen-bond donors (Lipinski definition) is 1. The quantitative estimate of drug-likeness (QED) is 0.892. The highest BCUT2D eigenvalue weighted by molar-refractivity contribution is 5.70. The topological polar surface area (TPSA) is 55.8 Å². The molecular formula is C14H18O4. The molecule has 4 heteroatoms. The number of aliphatic carboxylic acids is 1. The van der Waals surface area contributed by atoms with Crippen LogP contribution in [0.15, 0.2) is 18.2 Å². The smallest absolute Gasteiger partial charge is 0.306 e. The second kappa shape index (κ2) is 5.76. The molecule has 1 aliphatic heterocycles. The normalized spacial score (nSPS) is 15.8. The van der Waals surface area contributed by atoms with Crippen molar-refractivity contribution in [2.75, 3.05) is 13.2 Å². The number of fused-ring (bicyclic) bond motifs is 1. The van der Waals surface area contributed by atoms with Gasteiger partial charge in [-0.15, -0.1) is 0 Å². The number of carbonyl (C=O) groups is 1. The van der Waals surface area contributed by atoms with E-state index >= 15 is 0 Å². The van der Waals surface area contributed by atoms with Crippen molar-refractivity contribution in [2.24, 2.45) is 5.92 Å². The summed E-state index contributed by atoms with van der Waals surface area (Å²) in [7, 11) is 0. The van der Waals surface area contributed by atoms with E-state index in [1.807, 2.05) is 25.1 Å². The minimum Gasteiger partial charge on any atom is -0.490 e. The maximum Gasteiger partial charge on any atom is 0.306 e. The fourth-order valence-corrected chi connectivity index (χ4v) is 2.03. The predicted octanol–water partition coefficient (Wildman–Crippen LogP) is 2.50. The molecule has 0 saturated heterocycles. The van der Waals surface area contributed by atoms with Gasteiger partial charge in [-0.2, -0.15) is 0 Å². The van der Waals surface area contributed by atoms with E-state index in [1.165, 1.54) is 0 Å². The van der Waals surface area contributed by atoms with Crippen LogP contribution < -0.4 is 9.47 Å². The Morgan fingerprint density at radius 3 is 2.72 bits per heavy atom. The second-order valence-electron chi connectivity index (χ2n) is 4.48. The highest BCUT2D eigenvalue weighted by Crippen LogP contribution is 2.31. The Balaban J connectivity index is 2.15. The first-order valence-electron chi connectivity index (χ1n) is 6.32. The van der Waals surface area contributed by atoms with E-state index in [-0.39, 0.29) is 5.92 Å². The zero-order valence-electron chi connectivity index (χ0n) is 10.5. The monoisotopic (exact) mass is 250 g/mol. The van der Waals surface area contributed by atoms with E-state index < -0.39 is 5.97 Å². The highest BCUT2D eigenvalue weighted by atomic mass is 16.5. The Bertz CT molecular complexity index is 428. The lowest BCUT2D eigenvalue weighted by atomic mass is 9.97. The van der Waals surface area contributed by atoms with Crippen molar-refractivity contribution in [3.63, 3.8) is 0 Å². The number of rotatable bonds is 4. The molecule has 18 heavy (non-hydrogen) atoms.